The number of rotatable bonds is 3. The van der Waals surface area contributed by atoms with Gasteiger partial charge in [-0.25, -0.2) is 4.79 Å². The van der Waals surface area contributed by atoms with Crippen LogP contribution in [0.3, 0.4) is 0 Å². The van der Waals surface area contributed by atoms with Crippen molar-refractivity contribution in [3.05, 3.63) is 23.3 Å². The number of carbonyl (C=O) groups excluding carboxylic acids is 1. The van der Waals surface area contributed by atoms with Crippen molar-refractivity contribution in [2.75, 3.05) is 36.8 Å². The van der Waals surface area contributed by atoms with Crippen LogP contribution in [-0.4, -0.2) is 49.8 Å². The molecule has 1 fully saturated rings. The van der Waals surface area contributed by atoms with E-state index in [2.05, 4.69) is 0 Å². The maximum Gasteiger partial charge on any atom is 1.00 e. The van der Waals surface area contributed by atoms with E-state index in [1.807, 2.05) is 4.90 Å². The number of nitrogens with zero attached hydrogens (tertiary/aromatic N) is 2. The summed E-state index contributed by atoms with van der Waals surface area (Å²) >= 11 is 0. The van der Waals surface area contributed by atoms with Crippen molar-refractivity contribution in [2.45, 2.75) is 39.6 Å². The number of anilines is 2. The van der Waals surface area contributed by atoms with Gasteiger partial charge in [0.25, 0.3) is 0 Å². The second kappa shape index (κ2) is 9.39. The Morgan fingerprint density at radius 3 is 2.22 bits per heavy atom. The normalized spacial score (nSPS) is 15.4. The Balaban J connectivity index is 0.00000364. The summed E-state index contributed by atoms with van der Waals surface area (Å²) in [6, 6.07) is 3.09. The molecule has 1 aliphatic heterocycles. The molecule has 0 atom stereocenters. The summed E-state index contributed by atoms with van der Waals surface area (Å²) < 4.78 is 43.9. The third-order valence-corrected chi connectivity index (χ3v) is 4.23. The van der Waals surface area contributed by atoms with Crippen molar-refractivity contribution in [2.24, 2.45) is 0 Å². The number of piperazine rings is 1. The van der Waals surface area contributed by atoms with Gasteiger partial charge in [0.1, 0.15) is 5.60 Å². The van der Waals surface area contributed by atoms with Crippen LogP contribution in [0.25, 0.3) is 0 Å². The third-order valence-electron chi connectivity index (χ3n) is 4.23. The second-order valence-electron chi connectivity index (χ2n) is 7.69. The molecular formula is C17H26BF3KN3O2. The second-order valence-corrected chi connectivity index (χ2v) is 7.69. The zero-order chi connectivity index (χ0) is 19.7. The summed E-state index contributed by atoms with van der Waals surface area (Å²) in [6.45, 7) is 4.10. The number of ether oxygens (including phenoxy) is 1. The minimum absolute atomic E-state index is 0. The Morgan fingerprint density at radius 2 is 1.74 bits per heavy atom. The summed E-state index contributed by atoms with van der Waals surface area (Å²) in [5, 5.41) is 0. The molecule has 0 spiro atoms. The molecule has 1 saturated heterocycles. The summed E-state index contributed by atoms with van der Waals surface area (Å²) in [5.74, 6) is 0. The zero-order valence-corrected chi connectivity index (χ0v) is 19.8. The van der Waals surface area contributed by atoms with E-state index in [0.29, 0.717) is 43.1 Å². The van der Waals surface area contributed by atoms with Crippen LogP contribution in [0.4, 0.5) is 29.1 Å². The van der Waals surface area contributed by atoms with E-state index in [4.69, 9.17) is 10.5 Å². The molecule has 1 aliphatic rings. The Hall–Kier alpha value is -0.419. The van der Waals surface area contributed by atoms with Gasteiger partial charge in [-0.15, -0.1) is 0 Å². The van der Waals surface area contributed by atoms with E-state index >= 15 is 0 Å². The maximum atomic E-state index is 12.9. The van der Waals surface area contributed by atoms with Gasteiger partial charge in [-0.05, 0) is 45.4 Å². The smallest absolute Gasteiger partial charge is 0.449 e. The first-order chi connectivity index (χ1) is 11.9. The van der Waals surface area contributed by atoms with Gasteiger partial charge < -0.3 is 33.2 Å². The number of nitrogens with two attached hydrogens (primary N) is 1. The van der Waals surface area contributed by atoms with E-state index in [0.717, 1.165) is 0 Å². The summed E-state index contributed by atoms with van der Waals surface area (Å²) in [5.41, 5.74) is 7.08. The van der Waals surface area contributed by atoms with Crippen LogP contribution in [-0.2, 0) is 11.1 Å². The topological polar surface area (TPSA) is 58.8 Å². The molecule has 2 rings (SSSR count). The molecule has 0 bridgehead atoms. The van der Waals surface area contributed by atoms with Crippen molar-refractivity contribution < 1.29 is 73.9 Å². The number of halogens is 3. The van der Waals surface area contributed by atoms with Gasteiger partial charge in [0, 0.05) is 37.6 Å². The van der Waals surface area contributed by atoms with Crippen LogP contribution in [0, 0.1) is 6.92 Å². The SMILES string of the molecule is Cc1c(C[B-](F)(F)F)cc(N)cc1N1CCN(C(=O)OC(C)(C)C)CC1.[K+]. The molecule has 2 N–H and O–H groups in total. The van der Waals surface area contributed by atoms with Crippen LogP contribution in [0.2, 0.25) is 0 Å². The largest absolute Gasteiger partial charge is 1.00 e. The van der Waals surface area contributed by atoms with Gasteiger partial charge in [-0.2, -0.15) is 0 Å². The van der Waals surface area contributed by atoms with E-state index in [1.54, 1.807) is 38.7 Å². The summed E-state index contributed by atoms with van der Waals surface area (Å²) in [4.78, 5) is 15.7. The number of hydrogen-bond acceptors (Lipinski definition) is 4. The molecule has 0 aromatic heterocycles. The van der Waals surface area contributed by atoms with Crippen LogP contribution in [0.15, 0.2) is 12.1 Å². The first-order valence-electron chi connectivity index (χ1n) is 8.68. The van der Waals surface area contributed by atoms with Gasteiger partial charge in [0.2, 0.25) is 0 Å². The average Bonchev–Trinajstić information content (AvgIpc) is 2.47. The molecule has 1 amide bonds. The van der Waals surface area contributed by atoms with Gasteiger partial charge in [-0.1, -0.05) is 11.9 Å². The van der Waals surface area contributed by atoms with E-state index in [-0.39, 0.29) is 63.0 Å². The van der Waals surface area contributed by atoms with E-state index in [9.17, 15) is 17.7 Å². The van der Waals surface area contributed by atoms with Crippen LogP contribution in [0.5, 0.6) is 0 Å². The van der Waals surface area contributed by atoms with Crippen LogP contribution < -0.4 is 62.0 Å². The standard InChI is InChI=1S/C17H26BF3N3O2.K/c1-12-13(11-18(19,20)21)9-14(22)10-15(12)23-5-7-24(8-6-23)16(25)26-17(2,3)4;/h9-10H,5-8,11,22H2,1-4H3;/q-1;+1. The quantitative estimate of drug-likeness (QED) is 0.584. The minimum Gasteiger partial charge on any atom is -0.449 e. The predicted molar refractivity (Wildman–Crippen MR) is 98.4 cm³/mol. The Bertz CT molecular complexity index is 673. The molecule has 10 heteroatoms. The molecule has 0 aliphatic carbocycles. The van der Waals surface area contributed by atoms with Gasteiger partial charge in [0.05, 0.1) is 0 Å². The van der Waals surface area contributed by atoms with Gasteiger partial charge in [-0.3, -0.25) is 0 Å². The molecule has 5 nitrogen and oxygen atoms in total. The molecule has 0 saturated carbocycles. The molecule has 1 aromatic rings. The Kier molecular flexibility index (Phi) is 8.56. The molecular weight excluding hydrogens is 385 g/mol. The molecule has 0 unspecified atom stereocenters. The molecule has 27 heavy (non-hydrogen) atoms. The summed E-state index contributed by atoms with van der Waals surface area (Å²) in [7, 11) is 0. The molecule has 1 heterocycles. The Labute approximate surface area is 201 Å². The first-order valence-corrected chi connectivity index (χ1v) is 8.68. The fraction of sp³-hybridized carbons (Fsp3) is 0.588. The van der Waals surface area contributed by atoms with Crippen molar-refractivity contribution in [3.63, 3.8) is 0 Å². The number of amides is 1. The number of nitrogen functional groups attached to an aromatic ring is 1. The van der Waals surface area contributed by atoms with Crippen molar-refractivity contribution in [1.29, 1.82) is 0 Å². The van der Waals surface area contributed by atoms with Crippen LogP contribution >= 0.6 is 0 Å². The zero-order valence-electron chi connectivity index (χ0n) is 16.7. The summed E-state index contributed by atoms with van der Waals surface area (Å²) in [6.07, 6.45) is -1.32. The fourth-order valence-electron chi connectivity index (χ4n) is 3.03. The number of hydrogen-bond donors (Lipinski definition) is 1. The minimum atomic E-state index is -4.93. The van der Waals surface area contributed by atoms with E-state index in [1.165, 1.54) is 6.07 Å². The Morgan fingerprint density at radius 1 is 1.19 bits per heavy atom. The molecule has 146 valence electrons. The van der Waals surface area contributed by atoms with Crippen LogP contribution in [0.1, 0.15) is 31.9 Å². The first kappa shape index (κ1) is 24.6. The maximum absolute atomic E-state index is 12.9. The molecule has 1 aromatic carbocycles. The number of carbonyl (C=O) groups is 1. The van der Waals surface area contributed by atoms with Crippen molar-refractivity contribution in [1.82, 2.24) is 4.90 Å². The number of benzene rings is 1. The van der Waals surface area contributed by atoms with Gasteiger partial charge >= 0.3 is 64.5 Å². The van der Waals surface area contributed by atoms with Crippen molar-refractivity contribution in [3.8, 4) is 0 Å². The predicted octanol–water partition coefficient (Wildman–Crippen LogP) is 0.567. The fourth-order valence-corrected chi connectivity index (χ4v) is 3.03. The molecule has 0 radical (unpaired) electrons. The monoisotopic (exact) mass is 411 g/mol. The van der Waals surface area contributed by atoms with Gasteiger partial charge in [0.15, 0.2) is 0 Å². The van der Waals surface area contributed by atoms with Crippen molar-refractivity contribution >= 4 is 24.4 Å². The average molecular weight is 411 g/mol. The third kappa shape index (κ3) is 7.49. The van der Waals surface area contributed by atoms with E-state index < -0.39 is 18.9 Å².